The number of rotatable bonds is 7. The van der Waals surface area contributed by atoms with Gasteiger partial charge in [0.2, 0.25) is 0 Å². The quantitative estimate of drug-likeness (QED) is 0.578. The van der Waals surface area contributed by atoms with Crippen LogP contribution in [0.4, 0.5) is 0 Å². The highest BCUT2D eigenvalue weighted by Gasteiger charge is 1.87. The van der Waals surface area contributed by atoms with Gasteiger partial charge in [0.05, 0.1) is 0 Å². The van der Waals surface area contributed by atoms with Gasteiger partial charge in [0.15, 0.2) is 0 Å². The second kappa shape index (κ2) is 11.6. The fourth-order valence-corrected chi connectivity index (χ4v) is 1.65. The van der Waals surface area contributed by atoms with Gasteiger partial charge in [-0.2, -0.15) is 8.42 Å². The second-order valence-electron chi connectivity index (χ2n) is 4.46. The van der Waals surface area contributed by atoms with Crippen LogP contribution in [0.25, 0.3) is 6.08 Å². The first-order chi connectivity index (χ1) is 9.43. The molecule has 4 nitrogen and oxygen atoms in total. The van der Waals surface area contributed by atoms with Crippen LogP contribution >= 0.6 is 0 Å². The Balaban J connectivity index is 0.000000621. The molecule has 1 aromatic carbocycles. The maximum absolute atomic E-state index is 8.74. The molecule has 0 atom stereocenters. The molecule has 0 aliphatic rings. The maximum atomic E-state index is 8.74. The van der Waals surface area contributed by atoms with E-state index in [1.54, 1.807) is 0 Å². The van der Waals surface area contributed by atoms with Crippen molar-refractivity contribution in [2.24, 2.45) is 0 Å². The molecule has 0 amide bonds. The van der Waals surface area contributed by atoms with Crippen LogP contribution in [0.5, 0.6) is 0 Å². The normalized spacial score (nSPS) is 11.2. The van der Waals surface area contributed by atoms with Crippen LogP contribution in [0, 0.1) is 0 Å². The summed E-state index contributed by atoms with van der Waals surface area (Å²) in [4.78, 5) is 0. The largest absolute Gasteiger partial charge is 0.394 e. The molecule has 0 heterocycles. The molecule has 1 rings (SSSR count). The fraction of sp³-hybridized carbons (Fsp3) is 0.467. The summed E-state index contributed by atoms with van der Waals surface area (Å²) in [5, 5.41) is 0. The van der Waals surface area contributed by atoms with Crippen molar-refractivity contribution >= 4 is 16.5 Å². The SMILES string of the molecule is CCCCCCCC=Cc1ccccc1.O=S(=O)(O)O. The van der Waals surface area contributed by atoms with E-state index in [0.717, 1.165) is 0 Å². The lowest BCUT2D eigenvalue weighted by atomic mass is 10.1. The van der Waals surface area contributed by atoms with Gasteiger partial charge in [0, 0.05) is 0 Å². The summed E-state index contributed by atoms with van der Waals surface area (Å²) in [5.41, 5.74) is 1.31. The predicted molar refractivity (Wildman–Crippen MR) is 83.0 cm³/mol. The highest BCUT2D eigenvalue weighted by molar-refractivity contribution is 7.79. The van der Waals surface area contributed by atoms with Gasteiger partial charge in [-0.1, -0.05) is 75.1 Å². The number of allylic oxidation sites excluding steroid dienone is 1. The Morgan fingerprint density at radius 2 is 1.55 bits per heavy atom. The van der Waals surface area contributed by atoms with E-state index in [-0.39, 0.29) is 0 Å². The van der Waals surface area contributed by atoms with Crippen molar-refractivity contribution in [2.75, 3.05) is 0 Å². The van der Waals surface area contributed by atoms with Crippen molar-refractivity contribution in [1.82, 2.24) is 0 Å². The number of hydrogen-bond donors (Lipinski definition) is 2. The average Bonchev–Trinajstić information content (AvgIpc) is 2.37. The van der Waals surface area contributed by atoms with Crippen LogP contribution in [0.1, 0.15) is 51.0 Å². The molecule has 0 unspecified atom stereocenters. The zero-order chi connectivity index (χ0) is 15.3. The van der Waals surface area contributed by atoms with Crippen molar-refractivity contribution in [2.45, 2.75) is 45.4 Å². The molecule has 0 spiro atoms. The minimum Gasteiger partial charge on any atom is -0.264 e. The Bertz CT molecular complexity index is 444. The Morgan fingerprint density at radius 1 is 1.00 bits per heavy atom. The molecule has 0 bridgehead atoms. The summed E-state index contributed by atoms with van der Waals surface area (Å²) in [6.45, 7) is 2.26. The van der Waals surface area contributed by atoms with Crippen molar-refractivity contribution in [3.05, 3.63) is 42.0 Å². The average molecular weight is 300 g/mol. The highest BCUT2D eigenvalue weighted by atomic mass is 32.3. The third kappa shape index (κ3) is 16.8. The van der Waals surface area contributed by atoms with Crippen molar-refractivity contribution in [3.8, 4) is 0 Å². The molecule has 0 radical (unpaired) electrons. The van der Waals surface area contributed by atoms with Crippen LogP contribution < -0.4 is 0 Å². The lowest BCUT2D eigenvalue weighted by molar-refractivity contribution is 0.381. The zero-order valence-electron chi connectivity index (χ0n) is 11.9. The first-order valence-corrected chi connectivity index (χ1v) is 8.24. The van der Waals surface area contributed by atoms with Crippen LogP contribution in [-0.2, 0) is 10.4 Å². The maximum Gasteiger partial charge on any atom is 0.394 e. The van der Waals surface area contributed by atoms with E-state index in [4.69, 9.17) is 17.5 Å². The van der Waals surface area contributed by atoms with Gasteiger partial charge in [-0.25, -0.2) is 0 Å². The molecule has 0 aliphatic heterocycles. The summed E-state index contributed by atoms with van der Waals surface area (Å²) in [6, 6.07) is 10.5. The van der Waals surface area contributed by atoms with E-state index in [1.165, 1.54) is 44.1 Å². The summed E-state index contributed by atoms with van der Waals surface area (Å²) in [7, 11) is -4.67. The van der Waals surface area contributed by atoms with Crippen LogP contribution in [0.3, 0.4) is 0 Å². The van der Waals surface area contributed by atoms with Crippen LogP contribution in [0.2, 0.25) is 0 Å². The number of benzene rings is 1. The molecule has 0 fully saturated rings. The van der Waals surface area contributed by atoms with Gasteiger partial charge in [0.1, 0.15) is 0 Å². The molecule has 114 valence electrons. The highest BCUT2D eigenvalue weighted by Crippen LogP contribution is 2.07. The first kappa shape index (κ1) is 18.8. The zero-order valence-corrected chi connectivity index (χ0v) is 12.7. The molecular weight excluding hydrogens is 276 g/mol. The lowest BCUT2D eigenvalue weighted by Gasteiger charge is -1.96. The first-order valence-electron chi connectivity index (χ1n) is 6.85. The fourth-order valence-electron chi connectivity index (χ4n) is 1.65. The molecule has 5 heteroatoms. The number of unbranched alkanes of at least 4 members (excludes halogenated alkanes) is 5. The Labute approximate surface area is 122 Å². The Hall–Kier alpha value is -1.17. The van der Waals surface area contributed by atoms with E-state index < -0.39 is 10.4 Å². The van der Waals surface area contributed by atoms with Crippen molar-refractivity contribution in [3.63, 3.8) is 0 Å². The summed E-state index contributed by atoms with van der Waals surface area (Å²) >= 11 is 0. The molecule has 2 N–H and O–H groups in total. The minimum atomic E-state index is -4.67. The monoisotopic (exact) mass is 300 g/mol. The van der Waals surface area contributed by atoms with Gasteiger partial charge < -0.3 is 0 Å². The van der Waals surface area contributed by atoms with E-state index in [1.807, 2.05) is 0 Å². The molecule has 0 aliphatic carbocycles. The minimum absolute atomic E-state index is 1.22. The predicted octanol–water partition coefficient (Wildman–Crippen LogP) is 4.41. The Morgan fingerprint density at radius 3 is 2.10 bits per heavy atom. The van der Waals surface area contributed by atoms with Crippen LogP contribution in [-0.4, -0.2) is 17.5 Å². The molecular formula is C15H24O4S. The molecule has 0 aromatic heterocycles. The van der Waals surface area contributed by atoms with Crippen molar-refractivity contribution in [1.29, 1.82) is 0 Å². The van der Waals surface area contributed by atoms with Crippen LogP contribution in [0.15, 0.2) is 36.4 Å². The molecule has 0 saturated carbocycles. The second-order valence-corrected chi connectivity index (χ2v) is 5.36. The smallest absolute Gasteiger partial charge is 0.264 e. The molecule has 20 heavy (non-hydrogen) atoms. The topological polar surface area (TPSA) is 74.6 Å². The number of hydrogen-bond acceptors (Lipinski definition) is 2. The van der Waals surface area contributed by atoms with E-state index in [0.29, 0.717) is 0 Å². The lowest BCUT2D eigenvalue weighted by Crippen LogP contribution is -1.89. The van der Waals surface area contributed by atoms with E-state index in [2.05, 4.69) is 49.4 Å². The van der Waals surface area contributed by atoms with E-state index in [9.17, 15) is 0 Å². The van der Waals surface area contributed by atoms with Gasteiger partial charge in [0.25, 0.3) is 0 Å². The standard InChI is InChI=1S/C15H22.H2O4S/c1-2-3-4-5-6-7-9-12-15-13-10-8-11-14-15;1-5(2,3)4/h8-14H,2-7H2,1H3;(H2,1,2,3,4). The molecule has 0 saturated heterocycles. The van der Waals surface area contributed by atoms with Gasteiger partial charge in [-0.05, 0) is 18.4 Å². The third-order valence-corrected chi connectivity index (χ3v) is 2.58. The van der Waals surface area contributed by atoms with Gasteiger partial charge >= 0.3 is 10.4 Å². The summed E-state index contributed by atoms with van der Waals surface area (Å²) in [5.74, 6) is 0. The molecule has 1 aromatic rings. The summed E-state index contributed by atoms with van der Waals surface area (Å²) < 4.78 is 31.6. The van der Waals surface area contributed by atoms with Gasteiger partial charge in [-0.3, -0.25) is 9.11 Å². The van der Waals surface area contributed by atoms with Gasteiger partial charge in [-0.15, -0.1) is 0 Å². The van der Waals surface area contributed by atoms with E-state index >= 15 is 0 Å². The third-order valence-electron chi connectivity index (χ3n) is 2.58. The van der Waals surface area contributed by atoms with Crippen molar-refractivity contribution < 1.29 is 17.5 Å². The Kier molecular flexibility index (Phi) is 11.0. The summed E-state index contributed by atoms with van der Waals surface area (Å²) in [6.07, 6.45) is 12.6.